The quantitative estimate of drug-likeness (QED) is 0.0590. The van der Waals surface area contributed by atoms with Gasteiger partial charge in [-0.15, -0.1) is 0 Å². The monoisotopic (exact) mass is 921 g/mol. The molecule has 1 heterocycles. The SMILES string of the molecule is CC(C)c1cccc(C(C)C)c1N.CC(C)c1cccc(C(C)C)c1N[C@@H](c1ccccc1)[C@H](O)c1ccccc1.OC(C(F)(F)F)C(F)(F)F.[HH].[HH].[HH].c1ccc([C@H]2O[C@@H]2c2ccccc2)cc1. The molecule has 66 heavy (non-hydrogen) atoms. The maximum atomic E-state index is 11.3. The summed E-state index contributed by atoms with van der Waals surface area (Å²) >= 11 is 0. The minimum absolute atomic E-state index is 0. The topological polar surface area (TPSA) is 91.0 Å². The number of nitrogen functional groups attached to an aromatic ring is 1. The summed E-state index contributed by atoms with van der Waals surface area (Å²) in [4.78, 5) is 0. The predicted molar refractivity (Wildman–Crippen MR) is 262 cm³/mol. The zero-order chi connectivity index (χ0) is 48.8. The Morgan fingerprint density at radius 1 is 0.470 bits per heavy atom. The smallest absolute Gasteiger partial charge is 0.398 e. The van der Waals surface area contributed by atoms with Crippen LogP contribution in [0.15, 0.2) is 158 Å². The number of aliphatic hydroxyl groups excluding tert-OH is 2. The van der Waals surface area contributed by atoms with E-state index in [4.69, 9.17) is 15.6 Å². The number of rotatable bonds is 11. The highest BCUT2D eigenvalue weighted by atomic mass is 19.4. The van der Waals surface area contributed by atoms with Crippen molar-refractivity contribution in [2.24, 2.45) is 0 Å². The molecule has 6 aromatic rings. The summed E-state index contributed by atoms with van der Waals surface area (Å²) < 4.78 is 71.5. The summed E-state index contributed by atoms with van der Waals surface area (Å²) in [5, 5.41) is 22.5. The number of alkyl halides is 6. The Morgan fingerprint density at radius 2 is 0.788 bits per heavy atom. The highest BCUT2D eigenvalue weighted by Crippen LogP contribution is 2.50. The first-order valence-corrected chi connectivity index (χ1v) is 22.3. The minimum Gasteiger partial charge on any atom is -0.398 e. The van der Waals surface area contributed by atoms with Crippen LogP contribution in [0, 0.1) is 0 Å². The van der Waals surface area contributed by atoms with Crippen molar-refractivity contribution < 1.29 is 45.6 Å². The van der Waals surface area contributed by atoms with E-state index in [1.54, 1.807) is 0 Å². The van der Waals surface area contributed by atoms with Crippen LogP contribution >= 0.6 is 0 Å². The van der Waals surface area contributed by atoms with Crippen LogP contribution in [0.5, 0.6) is 0 Å². The van der Waals surface area contributed by atoms with E-state index in [9.17, 15) is 31.4 Å². The maximum Gasteiger partial charge on any atom is 0.423 e. The fraction of sp³-hybridized carbons (Fsp3) is 0.345. The van der Waals surface area contributed by atoms with E-state index >= 15 is 0 Å². The average Bonchev–Trinajstić information content (AvgIpc) is 4.10. The third kappa shape index (κ3) is 15.2. The normalized spacial score (nSPS) is 15.5. The molecule has 1 saturated heterocycles. The Balaban J connectivity index is 0.000000494. The van der Waals surface area contributed by atoms with Crippen molar-refractivity contribution in [2.45, 2.75) is 122 Å². The van der Waals surface area contributed by atoms with Crippen molar-refractivity contribution in [1.29, 1.82) is 0 Å². The van der Waals surface area contributed by atoms with Crippen LogP contribution in [0.1, 0.15) is 152 Å². The molecule has 1 fully saturated rings. The molecule has 1 aliphatic rings. The third-order valence-corrected chi connectivity index (χ3v) is 11.1. The first-order valence-electron chi connectivity index (χ1n) is 22.3. The molecule has 0 spiro atoms. The number of ether oxygens (including phenoxy) is 1. The number of halogens is 6. The molecule has 5 nitrogen and oxygen atoms in total. The largest absolute Gasteiger partial charge is 0.423 e. The van der Waals surface area contributed by atoms with E-state index in [0.29, 0.717) is 23.7 Å². The number of hydrogen-bond donors (Lipinski definition) is 4. The van der Waals surface area contributed by atoms with Crippen LogP contribution in [-0.2, 0) is 4.74 Å². The van der Waals surface area contributed by atoms with Gasteiger partial charge in [-0.3, -0.25) is 0 Å². The highest BCUT2D eigenvalue weighted by Gasteiger charge is 2.55. The van der Waals surface area contributed by atoms with Crippen LogP contribution in [0.4, 0.5) is 37.7 Å². The predicted octanol–water partition coefficient (Wildman–Crippen LogP) is 16.0. The average molecular weight is 921 g/mol. The second-order valence-corrected chi connectivity index (χ2v) is 17.5. The van der Waals surface area contributed by atoms with E-state index in [1.165, 1.54) is 33.4 Å². The van der Waals surface area contributed by atoms with Gasteiger partial charge in [0.1, 0.15) is 18.3 Å². The van der Waals surface area contributed by atoms with Crippen LogP contribution in [-0.4, -0.2) is 28.7 Å². The molecule has 11 heteroatoms. The van der Waals surface area contributed by atoms with Gasteiger partial charge in [0.05, 0.1) is 6.04 Å². The van der Waals surface area contributed by atoms with Gasteiger partial charge in [-0.05, 0) is 68.2 Å². The van der Waals surface area contributed by atoms with E-state index in [0.717, 1.165) is 22.5 Å². The fourth-order valence-electron chi connectivity index (χ4n) is 7.42. The number of epoxide rings is 1. The molecule has 0 saturated carbocycles. The maximum absolute atomic E-state index is 11.3. The molecule has 360 valence electrons. The third-order valence-electron chi connectivity index (χ3n) is 11.1. The van der Waals surface area contributed by atoms with Gasteiger partial charge in [0.15, 0.2) is 0 Å². The van der Waals surface area contributed by atoms with Gasteiger partial charge in [0, 0.05) is 15.7 Å². The van der Waals surface area contributed by atoms with Gasteiger partial charge in [0.2, 0.25) is 6.10 Å². The summed E-state index contributed by atoms with van der Waals surface area (Å²) in [7, 11) is 0. The number of nitrogens with one attached hydrogen (secondary N) is 1. The van der Waals surface area contributed by atoms with Crippen molar-refractivity contribution in [2.75, 3.05) is 11.1 Å². The first kappa shape index (κ1) is 53.0. The Hall–Kier alpha value is -5.62. The van der Waals surface area contributed by atoms with Crippen LogP contribution < -0.4 is 11.1 Å². The molecule has 6 aromatic carbocycles. The standard InChI is InChI=1S/C26H31NO.C14H12O.C12H19N.C3H2F6O.3H2/c1-18(2)22-16-11-17-23(19(3)4)25(22)27-24(20-12-7-5-8-13-20)26(28)21-14-9-6-10-15-21;1-3-7-11(8-4-1)13-14(15-13)12-9-5-2-6-10-12;1-8(2)10-6-5-7-11(9(3)4)12(10)13;4-2(5,6)1(10)3(7,8)9;;;/h5-19,24,26-28H,1-4H3;1-10,13-14H;5-9H,13H2,1-4H3;1,10H;3*1H/t24-,26+;13-,14-;;;;;/m01...../s1. The van der Waals surface area contributed by atoms with E-state index in [1.807, 2.05) is 60.7 Å². The molecule has 1 aliphatic heterocycles. The van der Waals surface area contributed by atoms with Gasteiger partial charge in [-0.1, -0.05) is 213 Å². The number of hydrogen-bond acceptors (Lipinski definition) is 5. The Bertz CT molecular complexity index is 2230. The zero-order valence-corrected chi connectivity index (χ0v) is 38.9. The lowest BCUT2D eigenvalue weighted by Gasteiger charge is -2.30. The Morgan fingerprint density at radius 3 is 1.11 bits per heavy atom. The molecule has 0 aromatic heterocycles. The molecule has 0 radical (unpaired) electrons. The Kier molecular flexibility index (Phi) is 19.5. The minimum atomic E-state index is -5.63. The zero-order valence-electron chi connectivity index (χ0n) is 38.9. The van der Waals surface area contributed by atoms with E-state index in [2.05, 4.69) is 158 Å². The second kappa shape index (κ2) is 24.2. The van der Waals surface area contributed by atoms with Crippen LogP contribution in [0.25, 0.3) is 0 Å². The van der Waals surface area contributed by atoms with Gasteiger partial charge >= 0.3 is 12.4 Å². The summed E-state index contributed by atoms with van der Waals surface area (Å²) in [6.07, 6.45) is -15.6. The summed E-state index contributed by atoms with van der Waals surface area (Å²) in [5.41, 5.74) is 17.9. The van der Waals surface area contributed by atoms with Gasteiger partial charge in [-0.25, -0.2) is 0 Å². The molecular weight excluding hydrogens is 851 g/mol. The molecule has 0 unspecified atom stereocenters. The van der Waals surface area contributed by atoms with Gasteiger partial charge in [-0.2, -0.15) is 26.3 Å². The Labute approximate surface area is 391 Å². The number of para-hydroxylation sites is 2. The molecule has 4 atom stereocenters. The lowest BCUT2D eigenvalue weighted by Crippen LogP contribution is -2.41. The van der Waals surface area contributed by atoms with Crippen molar-refractivity contribution >= 4 is 11.4 Å². The summed E-state index contributed by atoms with van der Waals surface area (Å²) in [5.74, 6) is 1.82. The molecular formula is C55H70F6N2O3. The number of benzene rings is 6. The van der Waals surface area contributed by atoms with Gasteiger partial charge < -0.3 is 26.0 Å². The number of aliphatic hydroxyl groups is 2. The van der Waals surface area contributed by atoms with Crippen LogP contribution in [0.2, 0.25) is 0 Å². The molecule has 0 amide bonds. The molecule has 7 rings (SSSR count). The highest BCUT2D eigenvalue weighted by molar-refractivity contribution is 5.61. The van der Waals surface area contributed by atoms with Crippen molar-refractivity contribution in [3.8, 4) is 0 Å². The van der Waals surface area contributed by atoms with E-state index < -0.39 is 24.6 Å². The molecule has 5 N–H and O–H groups in total. The fourth-order valence-corrected chi connectivity index (χ4v) is 7.42. The first-order chi connectivity index (χ1) is 31.1. The summed E-state index contributed by atoms with van der Waals surface area (Å²) in [6.45, 7) is 17.6. The second-order valence-electron chi connectivity index (χ2n) is 17.5. The lowest BCUT2D eigenvalue weighted by atomic mass is 9.90. The number of anilines is 2. The molecule has 0 aliphatic carbocycles. The van der Waals surface area contributed by atoms with Crippen LogP contribution in [0.3, 0.4) is 0 Å². The van der Waals surface area contributed by atoms with Crippen molar-refractivity contribution in [3.63, 3.8) is 0 Å². The summed E-state index contributed by atoms with van der Waals surface area (Å²) in [6, 6.07) is 53.5. The van der Waals surface area contributed by atoms with Gasteiger partial charge in [0.25, 0.3) is 0 Å². The van der Waals surface area contributed by atoms with E-state index in [-0.39, 0.29) is 22.5 Å². The van der Waals surface area contributed by atoms with Crippen molar-refractivity contribution in [1.82, 2.24) is 0 Å². The van der Waals surface area contributed by atoms with Crippen molar-refractivity contribution in [3.05, 3.63) is 202 Å². The lowest BCUT2D eigenvalue weighted by molar-refractivity contribution is -0.308. The number of nitrogens with two attached hydrogens (primary N) is 1. The molecule has 0 bridgehead atoms.